The van der Waals surface area contributed by atoms with Crippen LogP contribution in [0, 0.1) is 0 Å². The molecule has 5 nitrogen and oxygen atoms in total. The summed E-state index contributed by atoms with van der Waals surface area (Å²) in [4.78, 5) is 0. The zero-order valence-electron chi connectivity index (χ0n) is 9.52. The fraction of sp³-hybridized carbons (Fsp3) is 1.00. The molecule has 2 unspecified atom stereocenters. The molecule has 0 bridgehead atoms. The van der Waals surface area contributed by atoms with Gasteiger partial charge in [0, 0.05) is 27.4 Å². The number of aliphatic hydroxyl groups is 2. The van der Waals surface area contributed by atoms with Crippen molar-refractivity contribution in [3.8, 4) is 0 Å². The monoisotopic (exact) mass is 222 g/mol. The number of hydrogen-bond donors (Lipinski definition) is 2. The molecule has 2 atom stereocenters. The van der Waals surface area contributed by atoms with E-state index in [2.05, 4.69) is 0 Å². The quantitative estimate of drug-likeness (QED) is 0.535. The first-order chi connectivity index (χ1) is 7.20. The second-order valence-corrected chi connectivity index (χ2v) is 3.41. The van der Waals surface area contributed by atoms with Crippen LogP contribution < -0.4 is 0 Å². The largest absolute Gasteiger partial charge is 0.391 e. The Hall–Kier alpha value is -0.200. The average Bonchev–Trinajstić information content (AvgIpc) is 2.23. The normalized spacial score (nSPS) is 15.2. The molecule has 0 amide bonds. The lowest BCUT2D eigenvalue weighted by molar-refractivity contribution is -0.0226. The molecule has 0 aliphatic heterocycles. The Kier molecular flexibility index (Phi) is 10.2. The van der Waals surface area contributed by atoms with Gasteiger partial charge in [-0.3, -0.25) is 0 Å². The van der Waals surface area contributed by atoms with E-state index in [-0.39, 0.29) is 13.2 Å². The third-order valence-corrected chi connectivity index (χ3v) is 1.93. The predicted molar refractivity (Wildman–Crippen MR) is 55.8 cm³/mol. The fourth-order valence-electron chi connectivity index (χ4n) is 1.01. The van der Waals surface area contributed by atoms with Gasteiger partial charge in [0.05, 0.1) is 25.4 Å². The maximum atomic E-state index is 9.36. The Morgan fingerprint density at radius 2 is 1.27 bits per heavy atom. The first-order valence-corrected chi connectivity index (χ1v) is 5.12. The van der Waals surface area contributed by atoms with Crippen LogP contribution in [0.3, 0.4) is 0 Å². The molecule has 0 spiro atoms. The number of ether oxygens (including phenoxy) is 3. The predicted octanol–water partition coefficient (Wildman–Crippen LogP) is -0.202. The third-order valence-electron chi connectivity index (χ3n) is 1.93. The lowest BCUT2D eigenvalue weighted by atomic mass is 10.2. The highest BCUT2D eigenvalue weighted by atomic mass is 16.5. The van der Waals surface area contributed by atoms with E-state index in [0.717, 1.165) is 0 Å². The van der Waals surface area contributed by atoms with Crippen LogP contribution in [0.1, 0.15) is 12.8 Å². The maximum absolute atomic E-state index is 9.36. The van der Waals surface area contributed by atoms with Crippen molar-refractivity contribution in [1.29, 1.82) is 0 Å². The molecule has 5 heteroatoms. The Morgan fingerprint density at radius 3 is 1.60 bits per heavy atom. The van der Waals surface area contributed by atoms with Crippen molar-refractivity contribution >= 4 is 0 Å². The van der Waals surface area contributed by atoms with Crippen LogP contribution >= 0.6 is 0 Å². The van der Waals surface area contributed by atoms with Crippen LogP contribution in [0.2, 0.25) is 0 Å². The standard InChI is InChI=1S/C10H22O5/c1-13-5-3-9(11)7-15-8-10(12)4-6-14-2/h9-12H,3-8H2,1-2H3. The lowest BCUT2D eigenvalue weighted by Crippen LogP contribution is -2.23. The first-order valence-electron chi connectivity index (χ1n) is 5.12. The highest BCUT2D eigenvalue weighted by molar-refractivity contribution is 4.56. The van der Waals surface area contributed by atoms with Gasteiger partial charge >= 0.3 is 0 Å². The molecule has 0 aromatic carbocycles. The van der Waals surface area contributed by atoms with E-state index >= 15 is 0 Å². The highest BCUT2D eigenvalue weighted by Crippen LogP contribution is 1.97. The Labute approximate surface area is 91.0 Å². The van der Waals surface area contributed by atoms with Crippen molar-refractivity contribution in [3.63, 3.8) is 0 Å². The zero-order chi connectivity index (χ0) is 11.5. The van der Waals surface area contributed by atoms with Crippen molar-refractivity contribution in [2.75, 3.05) is 40.6 Å². The van der Waals surface area contributed by atoms with E-state index in [0.29, 0.717) is 26.1 Å². The van der Waals surface area contributed by atoms with Gasteiger partial charge in [-0.05, 0) is 12.8 Å². The van der Waals surface area contributed by atoms with Gasteiger partial charge in [0.15, 0.2) is 0 Å². The molecule has 0 radical (unpaired) electrons. The number of hydrogen-bond acceptors (Lipinski definition) is 5. The number of methoxy groups -OCH3 is 2. The van der Waals surface area contributed by atoms with E-state index in [4.69, 9.17) is 14.2 Å². The summed E-state index contributed by atoms with van der Waals surface area (Å²) >= 11 is 0. The highest BCUT2D eigenvalue weighted by Gasteiger charge is 2.07. The number of aliphatic hydroxyl groups excluding tert-OH is 2. The van der Waals surface area contributed by atoms with Crippen LogP contribution in [-0.2, 0) is 14.2 Å². The molecule has 92 valence electrons. The van der Waals surface area contributed by atoms with Gasteiger partial charge in [0.2, 0.25) is 0 Å². The Morgan fingerprint density at radius 1 is 0.867 bits per heavy atom. The fourth-order valence-corrected chi connectivity index (χ4v) is 1.01. The molecule has 0 rings (SSSR count). The van der Waals surface area contributed by atoms with E-state index in [1.54, 1.807) is 14.2 Å². The smallest absolute Gasteiger partial charge is 0.0795 e. The SMILES string of the molecule is COCCC(O)COCC(O)CCOC. The molecule has 0 aliphatic carbocycles. The van der Waals surface area contributed by atoms with E-state index < -0.39 is 12.2 Å². The molecule has 15 heavy (non-hydrogen) atoms. The topological polar surface area (TPSA) is 68.2 Å². The lowest BCUT2D eigenvalue weighted by Gasteiger charge is -2.13. The van der Waals surface area contributed by atoms with Crippen LogP contribution in [0.4, 0.5) is 0 Å². The Bertz CT molecular complexity index is 117. The average molecular weight is 222 g/mol. The first kappa shape index (κ1) is 14.8. The minimum absolute atomic E-state index is 0.230. The van der Waals surface area contributed by atoms with E-state index in [1.165, 1.54) is 0 Å². The third kappa shape index (κ3) is 10.1. The number of rotatable bonds is 10. The molecule has 0 aliphatic rings. The second-order valence-electron chi connectivity index (χ2n) is 3.41. The van der Waals surface area contributed by atoms with Crippen molar-refractivity contribution in [3.05, 3.63) is 0 Å². The summed E-state index contributed by atoms with van der Waals surface area (Å²) in [6.07, 6.45) is 0.0362. The molecular weight excluding hydrogens is 200 g/mol. The molecule has 2 N–H and O–H groups in total. The molecule has 0 heterocycles. The van der Waals surface area contributed by atoms with Crippen molar-refractivity contribution in [2.45, 2.75) is 25.0 Å². The summed E-state index contributed by atoms with van der Waals surface area (Å²) in [6, 6.07) is 0. The molecule has 0 aromatic rings. The van der Waals surface area contributed by atoms with Gasteiger partial charge in [-0.1, -0.05) is 0 Å². The molecule has 0 aromatic heterocycles. The van der Waals surface area contributed by atoms with Crippen LogP contribution in [0.15, 0.2) is 0 Å². The van der Waals surface area contributed by atoms with Gasteiger partial charge in [-0.15, -0.1) is 0 Å². The summed E-state index contributed by atoms with van der Waals surface area (Å²) in [7, 11) is 3.17. The van der Waals surface area contributed by atoms with Crippen molar-refractivity contribution in [1.82, 2.24) is 0 Å². The minimum Gasteiger partial charge on any atom is -0.391 e. The van der Waals surface area contributed by atoms with E-state index in [1.807, 2.05) is 0 Å². The summed E-state index contributed by atoms with van der Waals surface area (Å²) in [5, 5.41) is 18.7. The van der Waals surface area contributed by atoms with Gasteiger partial charge in [-0.2, -0.15) is 0 Å². The van der Waals surface area contributed by atoms with Crippen molar-refractivity contribution < 1.29 is 24.4 Å². The van der Waals surface area contributed by atoms with Crippen LogP contribution in [0.5, 0.6) is 0 Å². The maximum Gasteiger partial charge on any atom is 0.0795 e. The molecule has 0 fully saturated rings. The van der Waals surface area contributed by atoms with Crippen LogP contribution in [-0.4, -0.2) is 63.1 Å². The van der Waals surface area contributed by atoms with Crippen LogP contribution in [0.25, 0.3) is 0 Å². The van der Waals surface area contributed by atoms with Gasteiger partial charge in [0.25, 0.3) is 0 Å². The minimum atomic E-state index is -0.528. The summed E-state index contributed by atoms with van der Waals surface area (Å²) in [5.74, 6) is 0. The molecule has 0 saturated heterocycles. The van der Waals surface area contributed by atoms with Gasteiger partial charge in [0.1, 0.15) is 0 Å². The Balaban J connectivity index is 3.27. The summed E-state index contributed by atoms with van der Waals surface area (Å²) < 4.78 is 14.8. The summed E-state index contributed by atoms with van der Waals surface area (Å²) in [6.45, 7) is 1.48. The second kappa shape index (κ2) is 10.3. The molecular formula is C10H22O5. The zero-order valence-corrected chi connectivity index (χ0v) is 9.52. The molecule has 0 saturated carbocycles. The van der Waals surface area contributed by atoms with Gasteiger partial charge in [-0.25, -0.2) is 0 Å². The summed E-state index contributed by atoms with van der Waals surface area (Å²) in [5.41, 5.74) is 0. The van der Waals surface area contributed by atoms with E-state index in [9.17, 15) is 10.2 Å². The van der Waals surface area contributed by atoms with Crippen molar-refractivity contribution in [2.24, 2.45) is 0 Å². The van der Waals surface area contributed by atoms with Gasteiger partial charge < -0.3 is 24.4 Å².